The number of hydrogen-bond donors (Lipinski definition) is 2. The number of nitrogens with two attached hydrogens (primary N) is 1. The third kappa shape index (κ3) is 3.53. The van der Waals surface area contributed by atoms with Crippen LogP contribution in [0.1, 0.15) is 12.6 Å². The van der Waals surface area contributed by atoms with Crippen molar-refractivity contribution in [3.63, 3.8) is 0 Å². The molecule has 6 heteroatoms. The number of anilines is 1. The van der Waals surface area contributed by atoms with Crippen molar-refractivity contribution in [1.82, 2.24) is 10.3 Å². The zero-order valence-electron chi connectivity index (χ0n) is 9.32. The van der Waals surface area contributed by atoms with E-state index in [-0.39, 0.29) is 11.2 Å². The Kier molecular flexibility index (Phi) is 4.82. The summed E-state index contributed by atoms with van der Waals surface area (Å²) in [6, 6.07) is 0. The van der Waals surface area contributed by atoms with Crippen LogP contribution in [0.4, 0.5) is 5.13 Å². The summed E-state index contributed by atoms with van der Waals surface area (Å²) < 4.78 is 0.999. The van der Waals surface area contributed by atoms with Gasteiger partial charge in [0.05, 0.1) is 15.2 Å². The highest BCUT2D eigenvalue weighted by Gasteiger charge is 2.16. The van der Waals surface area contributed by atoms with Crippen LogP contribution in [0.2, 0.25) is 0 Å². The molecule has 1 heterocycles. The van der Waals surface area contributed by atoms with E-state index in [1.165, 1.54) is 23.1 Å². The van der Waals surface area contributed by atoms with Gasteiger partial charge >= 0.3 is 0 Å². The van der Waals surface area contributed by atoms with Gasteiger partial charge in [0.1, 0.15) is 0 Å². The second-order valence-corrected chi connectivity index (χ2v) is 5.86. The second-order valence-electron chi connectivity index (χ2n) is 3.22. The van der Waals surface area contributed by atoms with Crippen LogP contribution in [0.25, 0.3) is 0 Å². The summed E-state index contributed by atoms with van der Waals surface area (Å²) in [5.74, 6) is -0.00345. The number of carbonyl (C=O) groups is 1. The second kappa shape index (κ2) is 5.91. The van der Waals surface area contributed by atoms with Crippen molar-refractivity contribution >= 4 is 34.1 Å². The van der Waals surface area contributed by atoms with E-state index in [0.717, 1.165) is 9.90 Å². The maximum absolute atomic E-state index is 11.6. The van der Waals surface area contributed by atoms with Gasteiger partial charge in [-0.15, -0.1) is 18.3 Å². The number of nitrogens with one attached hydrogen (secondary N) is 1. The van der Waals surface area contributed by atoms with Crippen molar-refractivity contribution < 1.29 is 4.79 Å². The van der Waals surface area contributed by atoms with E-state index in [0.29, 0.717) is 11.7 Å². The largest absolute Gasteiger partial charge is 0.375 e. The van der Waals surface area contributed by atoms with Crippen LogP contribution in [-0.4, -0.2) is 22.7 Å². The summed E-state index contributed by atoms with van der Waals surface area (Å²) in [5.41, 5.74) is 6.48. The Morgan fingerprint density at radius 2 is 2.50 bits per heavy atom. The van der Waals surface area contributed by atoms with E-state index >= 15 is 0 Å². The fourth-order valence-electron chi connectivity index (χ4n) is 1.04. The average molecular weight is 257 g/mol. The normalized spacial score (nSPS) is 12.1. The van der Waals surface area contributed by atoms with Gasteiger partial charge in [-0.05, 0) is 13.8 Å². The summed E-state index contributed by atoms with van der Waals surface area (Å²) in [6.07, 6.45) is 1.66. The standard InChI is InChI=1S/C10H15N3OS2/c1-4-5-12-8(14)7(3)15-9-6(2)13-10(11)16-9/h4,7H,1,5H2,2-3H3,(H2,11,13)(H,12,14). The van der Waals surface area contributed by atoms with Crippen molar-refractivity contribution in [3.8, 4) is 0 Å². The molecular formula is C10H15N3OS2. The van der Waals surface area contributed by atoms with Crippen LogP contribution in [-0.2, 0) is 4.79 Å². The molecule has 0 saturated carbocycles. The van der Waals surface area contributed by atoms with Crippen LogP contribution in [0.5, 0.6) is 0 Å². The van der Waals surface area contributed by atoms with Crippen LogP contribution < -0.4 is 11.1 Å². The molecule has 0 spiro atoms. The van der Waals surface area contributed by atoms with Gasteiger partial charge in [-0.3, -0.25) is 4.79 Å². The van der Waals surface area contributed by atoms with E-state index in [2.05, 4.69) is 16.9 Å². The van der Waals surface area contributed by atoms with Crippen LogP contribution in [0, 0.1) is 6.92 Å². The molecule has 1 rings (SSSR count). The predicted octanol–water partition coefficient (Wildman–Crippen LogP) is 1.82. The average Bonchev–Trinajstić information content (AvgIpc) is 2.53. The van der Waals surface area contributed by atoms with Crippen LogP contribution in [0.3, 0.4) is 0 Å². The van der Waals surface area contributed by atoms with Crippen molar-refractivity contribution in [3.05, 3.63) is 18.3 Å². The molecule has 3 N–H and O–H groups in total. The van der Waals surface area contributed by atoms with Gasteiger partial charge in [0.2, 0.25) is 5.91 Å². The van der Waals surface area contributed by atoms with Crippen LogP contribution in [0.15, 0.2) is 16.9 Å². The van der Waals surface area contributed by atoms with Gasteiger partial charge in [-0.2, -0.15) is 0 Å². The summed E-state index contributed by atoms with van der Waals surface area (Å²) in [7, 11) is 0. The lowest BCUT2D eigenvalue weighted by molar-refractivity contribution is -0.120. The maximum atomic E-state index is 11.6. The number of nitrogen functional groups attached to an aromatic ring is 1. The quantitative estimate of drug-likeness (QED) is 0.623. The van der Waals surface area contributed by atoms with Gasteiger partial charge in [-0.25, -0.2) is 4.98 Å². The molecule has 1 aromatic heterocycles. The molecule has 0 radical (unpaired) electrons. The fourth-order valence-corrected chi connectivity index (χ4v) is 3.22. The third-order valence-electron chi connectivity index (χ3n) is 1.84. The number of thiazole rings is 1. The molecule has 0 aliphatic rings. The van der Waals surface area contributed by atoms with Crippen LogP contribution >= 0.6 is 23.1 Å². The molecule has 0 aliphatic heterocycles. The molecule has 0 saturated heterocycles. The summed E-state index contributed by atoms with van der Waals surface area (Å²) in [6.45, 7) is 7.79. The lowest BCUT2D eigenvalue weighted by atomic mass is 10.4. The molecule has 1 aromatic rings. The number of rotatable bonds is 5. The number of thioether (sulfide) groups is 1. The lowest BCUT2D eigenvalue weighted by Crippen LogP contribution is -2.30. The summed E-state index contributed by atoms with van der Waals surface area (Å²) in [5, 5.41) is 3.14. The van der Waals surface area contributed by atoms with E-state index < -0.39 is 0 Å². The Balaban J connectivity index is 2.56. The molecule has 0 fully saturated rings. The molecule has 16 heavy (non-hydrogen) atoms. The summed E-state index contributed by atoms with van der Waals surface area (Å²) >= 11 is 2.89. The molecule has 0 bridgehead atoms. The zero-order valence-corrected chi connectivity index (χ0v) is 11.0. The SMILES string of the molecule is C=CCNC(=O)C(C)Sc1sc(N)nc1C. The molecule has 1 atom stereocenters. The molecule has 0 aromatic carbocycles. The maximum Gasteiger partial charge on any atom is 0.233 e. The Bertz CT molecular complexity index is 389. The number of aromatic nitrogens is 1. The molecule has 4 nitrogen and oxygen atoms in total. The van der Waals surface area contributed by atoms with Gasteiger partial charge in [0.25, 0.3) is 0 Å². The van der Waals surface area contributed by atoms with Gasteiger partial charge in [0.15, 0.2) is 5.13 Å². The van der Waals surface area contributed by atoms with Gasteiger partial charge in [-0.1, -0.05) is 17.4 Å². The molecular weight excluding hydrogens is 242 g/mol. The Morgan fingerprint density at radius 3 is 3.00 bits per heavy atom. The molecule has 1 amide bonds. The van der Waals surface area contributed by atoms with E-state index in [1.807, 2.05) is 13.8 Å². The minimum absolute atomic E-state index is 0.00345. The van der Waals surface area contributed by atoms with Crippen molar-refractivity contribution in [2.45, 2.75) is 23.3 Å². The minimum atomic E-state index is -0.154. The highest BCUT2D eigenvalue weighted by atomic mass is 32.2. The summed E-state index contributed by atoms with van der Waals surface area (Å²) in [4.78, 5) is 15.7. The van der Waals surface area contributed by atoms with E-state index in [9.17, 15) is 4.79 Å². The minimum Gasteiger partial charge on any atom is -0.375 e. The Hall–Kier alpha value is -1.01. The first-order valence-electron chi connectivity index (χ1n) is 4.82. The van der Waals surface area contributed by atoms with Crippen molar-refractivity contribution in [2.24, 2.45) is 0 Å². The van der Waals surface area contributed by atoms with Gasteiger partial charge < -0.3 is 11.1 Å². The molecule has 1 unspecified atom stereocenters. The topological polar surface area (TPSA) is 68.0 Å². The van der Waals surface area contributed by atoms with E-state index in [1.54, 1.807) is 6.08 Å². The number of hydrogen-bond acceptors (Lipinski definition) is 5. The smallest absolute Gasteiger partial charge is 0.233 e. The van der Waals surface area contributed by atoms with E-state index in [4.69, 9.17) is 5.73 Å². The number of amides is 1. The zero-order chi connectivity index (χ0) is 12.1. The molecule has 88 valence electrons. The van der Waals surface area contributed by atoms with Crippen molar-refractivity contribution in [1.29, 1.82) is 0 Å². The lowest BCUT2D eigenvalue weighted by Gasteiger charge is -2.09. The highest BCUT2D eigenvalue weighted by Crippen LogP contribution is 2.33. The number of aryl methyl sites for hydroxylation is 1. The number of nitrogens with zero attached hydrogens (tertiary/aromatic N) is 1. The Morgan fingerprint density at radius 1 is 1.81 bits per heavy atom. The van der Waals surface area contributed by atoms with Gasteiger partial charge in [0, 0.05) is 6.54 Å². The fraction of sp³-hybridized carbons (Fsp3) is 0.400. The first-order chi connectivity index (χ1) is 7.54. The molecule has 0 aliphatic carbocycles. The third-order valence-corrected chi connectivity index (χ3v) is 4.24. The first-order valence-corrected chi connectivity index (χ1v) is 6.52. The number of carbonyl (C=O) groups excluding carboxylic acids is 1. The Labute approximate surface area is 103 Å². The monoisotopic (exact) mass is 257 g/mol. The highest BCUT2D eigenvalue weighted by molar-refractivity contribution is 8.02. The van der Waals surface area contributed by atoms with Crippen molar-refractivity contribution in [2.75, 3.05) is 12.3 Å². The predicted molar refractivity (Wildman–Crippen MR) is 69.8 cm³/mol. The first kappa shape index (κ1) is 13.1.